The van der Waals surface area contributed by atoms with Crippen LogP contribution in [0.4, 0.5) is 0 Å². The summed E-state index contributed by atoms with van der Waals surface area (Å²) in [6.07, 6.45) is 10.5. The molecule has 4 aliphatic rings. The summed E-state index contributed by atoms with van der Waals surface area (Å²) in [7, 11) is 0. The van der Waals surface area contributed by atoms with E-state index in [2.05, 4.69) is 25.2 Å². The van der Waals surface area contributed by atoms with Crippen LogP contribution in [0, 0.1) is 28.6 Å². The molecule has 7 heteroatoms. The molecular weight excluding hydrogens is 499 g/mol. The Morgan fingerprint density at radius 1 is 1.25 bits per heavy atom. The zero-order chi connectivity index (χ0) is 26.5. The van der Waals surface area contributed by atoms with Gasteiger partial charge in [0.05, 0.1) is 23.1 Å². The van der Waals surface area contributed by atoms with E-state index in [4.69, 9.17) is 32.4 Å². The van der Waals surface area contributed by atoms with Crippen LogP contribution in [0.1, 0.15) is 77.3 Å². The highest BCUT2D eigenvalue weighted by atomic mass is 35.5. The fraction of sp³-hybridized carbons (Fsp3) is 0.655. The number of hydrogen-bond acceptors (Lipinski definition) is 5. The Morgan fingerprint density at radius 2 is 1.97 bits per heavy atom. The van der Waals surface area contributed by atoms with E-state index in [0.29, 0.717) is 6.42 Å². The molecule has 5 rings (SSSR count). The maximum absolute atomic E-state index is 13.6. The lowest BCUT2D eigenvalue weighted by Crippen LogP contribution is -2.69. The van der Waals surface area contributed by atoms with Crippen LogP contribution in [0.2, 0.25) is 0 Å². The molecule has 3 saturated carbocycles. The molecule has 198 valence electrons. The minimum Gasteiger partial charge on any atom is -0.457 e. The van der Waals surface area contributed by atoms with Gasteiger partial charge in [0.2, 0.25) is 5.76 Å². The van der Waals surface area contributed by atoms with Gasteiger partial charge in [-0.1, -0.05) is 58.4 Å². The first-order valence-corrected chi connectivity index (χ1v) is 14.1. The first-order chi connectivity index (χ1) is 17.1. The van der Waals surface area contributed by atoms with E-state index in [1.165, 1.54) is 17.9 Å². The lowest BCUT2D eigenvalue weighted by molar-refractivity contribution is -0.177. The lowest BCUT2D eigenvalue weighted by Gasteiger charge is -2.64. The van der Waals surface area contributed by atoms with Crippen molar-refractivity contribution in [2.75, 3.05) is 5.88 Å². The van der Waals surface area contributed by atoms with Gasteiger partial charge in [-0.2, -0.15) is 0 Å². The van der Waals surface area contributed by atoms with Gasteiger partial charge in [0.1, 0.15) is 0 Å². The van der Waals surface area contributed by atoms with Crippen molar-refractivity contribution in [3.63, 3.8) is 0 Å². The SMILES string of the molecule is CC.C[C@@H]1C[C@H]2[C@@H]3CCC4=CCC=C[C@]4(C)[C@@]3(Cl)[C@@H](O)C[C@]2(C)[C@@]1(OC(=O)c1ccco1)C(=O)CCl. The highest BCUT2D eigenvalue weighted by molar-refractivity contribution is 6.29. The lowest BCUT2D eigenvalue weighted by atomic mass is 9.45. The average Bonchev–Trinajstić information content (AvgIpc) is 3.48. The number of carbonyl (C=O) groups is 2. The largest absolute Gasteiger partial charge is 0.457 e. The van der Waals surface area contributed by atoms with E-state index in [1.807, 2.05) is 27.7 Å². The molecule has 0 aliphatic heterocycles. The quantitative estimate of drug-likeness (QED) is 0.262. The van der Waals surface area contributed by atoms with E-state index in [9.17, 15) is 14.7 Å². The summed E-state index contributed by atoms with van der Waals surface area (Å²) < 4.78 is 11.4. The number of esters is 1. The topological polar surface area (TPSA) is 76.7 Å². The number of allylic oxidation sites excluding steroid dienone is 4. The highest BCUT2D eigenvalue weighted by Gasteiger charge is 2.76. The number of carbonyl (C=O) groups excluding carboxylic acids is 2. The number of aliphatic hydroxyl groups excluding tert-OH is 1. The van der Waals surface area contributed by atoms with Crippen molar-refractivity contribution in [1.29, 1.82) is 0 Å². The second-order valence-corrected chi connectivity index (χ2v) is 11.9. The van der Waals surface area contributed by atoms with Gasteiger partial charge < -0.3 is 14.3 Å². The van der Waals surface area contributed by atoms with Crippen LogP contribution in [-0.4, -0.2) is 39.3 Å². The Balaban J connectivity index is 0.00000148. The molecule has 0 radical (unpaired) electrons. The Hall–Kier alpha value is -1.56. The van der Waals surface area contributed by atoms with Crippen molar-refractivity contribution in [1.82, 2.24) is 0 Å². The van der Waals surface area contributed by atoms with Gasteiger partial charge in [-0.05, 0) is 56.1 Å². The molecular formula is C29H38Cl2O5. The van der Waals surface area contributed by atoms with Gasteiger partial charge in [0, 0.05) is 16.7 Å². The summed E-state index contributed by atoms with van der Waals surface area (Å²) in [5.41, 5.74) is -1.48. The Morgan fingerprint density at radius 3 is 2.61 bits per heavy atom. The molecule has 3 fully saturated rings. The average molecular weight is 538 g/mol. The third-order valence-electron chi connectivity index (χ3n) is 9.75. The summed E-state index contributed by atoms with van der Waals surface area (Å²) in [4.78, 5) is 25.8. The smallest absolute Gasteiger partial charge is 0.375 e. The number of rotatable bonds is 4. The van der Waals surface area contributed by atoms with Gasteiger partial charge >= 0.3 is 5.97 Å². The maximum Gasteiger partial charge on any atom is 0.375 e. The fourth-order valence-electron chi connectivity index (χ4n) is 8.23. The number of fused-ring (bicyclic) bond motifs is 5. The molecule has 0 amide bonds. The molecule has 1 heterocycles. The van der Waals surface area contributed by atoms with Gasteiger partial charge in [0.25, 0.3) is 0 Å². The van der Waals surface area contributed by atoms with Gasteiger partial charge in [-0.25, -0.2) is 4.79 Å². The second kappa shape index (κ2) is 9.63. The van der Waals surface area contributed by atoms with E-state index in [1.54, 1.807) is 6.07 Å². The van der Waals surface area contributed by atoms with Crippen LogP contribution < -0.4 is 0 Å². The van der Waals surface area contributed by atoms with E-state index >= 15 is 0 Å². The van der Waals surface area contributed by atoms with Gasteiger partial charge in [-0.15, -0.1) is 23.2 Å². The predicted octanol–water partition coefficient (Wildman–Crippen LogP) is 6.72. The summed E-state index contributed by atoms with van der Waals surface area (Å²) in [5, 5.41) is 11.8. The van der Waals surface area contributed by atoms with E-state index < -0.39 is 33.4 Å². The molecule has 0 saturated heterocycles. The second-order valence-electron chi connectivity index (χ2n) is 11.0. The van der Waals surface area contributed by atoms with Crippen molar-refractivity contribution in [2.24, 2.45) is 28.6 Å². The summed E-state index contributed by atoms with van der Waals surface area (Å²) >= 11 is 13.7. The molecule has 0 aromatic carbocycles. The fourth-order valence-corrected chi connectivity index (χ4v) is 8.95. The molecule has 1 N–H and O–H groups in total. The van der Waals surface area contributed by atoms with Crippen LogP contribution in [-0.2, 0) is 9.53 Å². The molecule has 1 aromatic heterocycles. The third-order valence-corrected chi connectivity index (χ3v) is 10.9. The van der Waals surface area contributed by atoms with Crippen LogP contribution in [0.5, 0.6) is 0 Å². The Labute approximate surface area is 224 Å². The molecule has 0 bridgehead atoms. The molecule has 36 heavy (non-hydrogen) atoms. The Bertz CT molecular complexity index is 1060. The van der Waals surface area contributed by atoms with Crippen molar-refractivity contribution in [3.8, 4) is 0 Å². The van der Waals surface area contributed by atoms with Crippen LogP contribution >= 0.6 is 23.2 Å². The zero-order valence-electron chi connectivity index (χ0n) is 21.9. The number of halogens is 2. The number of aliphatic hydroxyl groups is 1. The minimum atomic E-state index is -1.47. The maximum atomic E-state index is 13.6. The monoisotopic (exact) mass is 536 g/mol. The van der Waals surface area contributed by atoms with Gasteiger partial charge in [-0.3, -0.25) is 4.79 Å². The normalized spacial score (nSPS) is 42.7. The molecule has 4 aliphatic carbocycles. The van der Waals surface area contributed by atoms with Crippen molar-refractivity contribution < 1.29 is 23.8 Å². The minimum absolute atomic E-state index is 0.0198. The van der Waals surface area contributed by atoms with E-state index in [-0.39, 0.29) is 41.6 Å². The van der Waals surface area contributed by atoms with Crippen molar-refractivity contribution in [2.45, 2.75) is 83.3 Å². The predicted molar refractivity (Wildman–Crippen MR) is 141 cm³/mol. The standard InChI is InChI=1S/C27H32Cl2O5.C2H6/c1-16-13-19-18-10-9-17-7-4-5-11-24(17,2)26(18,29)21(30)14-25(19,3)27(16,22(31)15-28)34-23(32)20-8-6-12-33-20;1-2/h5-8,11-12,16,18-19,21,30H,4,9-10,13-15H2,1-3H3;1-2H3/t16-,18+,19+,21+,24+,25+,26+,27+;/m1./s1. The van der Waals surface area contributed by atoms with Crippen molar-refractivity contribution >= 4 is 35.0 Å². The number of ether oxygens (including phenoxy) is 1. The summed E-state index contributed by atoms with van der Waals surface area (Å²) in [5.74, 6) is -1.62. The highest BCUT2D eigenvalue weighted by Crippen LogP contribution is 2.72. The molecule has 8 atom stereocenters. The van der Waals surface area contributed by atoms with Gasteiger partial charge in [0.15, 0.2) is 11.4 Å². The third kappa shape index (κ3) is 3.45. The Kier molecular flexibility index (Phi) is 7.35. The molecule has 5 nitrogen and oxygen atoms in total. The summed E-state index contributed by atoms with van der Waals surface area (Å²) in [6, 6.07) is 3.12. The number of hydrogen-bond donors (Lipinski definition) is 1. The first-order valence-electron chi connectivity index (χ1n) is 13.2. The number of Topliss-reactive ketones (excluding diaryl/α,β-unsaturated/α-hetero) is 1. The van der Waals surface area contributed by atoms with Crippen LogP contribution in [0.15, 0.2) is 46.6 Å². The zero-order valence-corrected chi connectivity index (χ0v) is 23.4. The number of ketones is 1. The first kappa shape index (κ1) is 27.5. The van der Waals surface area contributed by atoms with E-state index in [0.717, 1.165) is 19.3 Å². The van der Waals surface area contributed by atoms with Crippen LogP contribution in [0.25, 0.3) is 0 Å². The van der Waals surface area contributed by atoms with Crippen molar-refractivity contribution in [3.05, 3.63) is 48.0 Å². The summed E-state index contributed by atoms with van der Waals surface area (Å²) in [6.45, 7) is 10.1. The number of furan rings is 1. The number of alkyl halides is 2. The molecule has 1 aromatic rings. The van der Waals surface area contributed by atoms with Crippen LogP contribution in [0.3, 0.4) is 0 Å². The molecule has 0 unspecified atom stereocenters. The molecule has 0 spiro atoms.